The zero-order chi connectivity index (χ0) is 15.1. The summed E-state index contributed by atoms with van der Waals surface area (Å²) in [5, 5.41) is 0. The Morgan fingerprint density at radius 2 is 1.48 bits per heavy atom. The molecule has 1 atom stereocenters. The first-order chi connectivity index (χ1) is 10.2. The molecular weight excluding hydrogens is 374 g/mol. The molecule has 0 bridgehead atoms. The van der Waals surface area contributed by atoms with Gasteiger partial charge in [0.25, 0.3) is 0 Å². The van der Waals surface area contributed by atoms with Gasteiger partial charge >= 0.3 is 0 Å². The van der Waals surface area contributed by atoms with Gasteiger partial charge in [-0.2, -0.15) is 0 Å². The van der Waals surface area contributed by atoms with Crippen LogP contribution in [0, 0.1) is 23.7 Å². The van der Waals surface area contributed by atoms with E-state index in [-0.39, 0.29) is 0 Å². The molecule has 0 nitrogen and oxygen atoms in total. The second kappa shape index (κ2) is 9.72. The van der Waals surface area contributed by atoms with Crippen LogP contribution < -0.4 is 0 Å². The van der Waals surface area contributed by atoms with Crippen LogP contribution in [0.1, 0.15) is 84.0 Å². The summed E-state index contributed by atoms with van der Waals surface area (Å²) in [6.07, 6.45) is 16.0. The van der Waals surface area contributed by atoms with Crippen LogP contribution in [-0.2, 0) is 0 Å². The minimum Gasteiger partial charge on any atom is -0.246 e. The van der Waals surface area contributed by atoms with Crippen molar-refractivity contribution >= 4 is 22.6 Å². The molecular formula is C19H34FI. The maximum absolute atomic E-state index is 13.8. The van der Waals surface area contributed by atoms with Gasteiger partial charge in [0.05, 0.1) is 0 Å². The maximum atomic E-state index is 13.8. The molecule has 0 aromatic carbocycles. The molecule has 2 aliphatic carbocycles. The Hall–Kier alpha value is 0.660. The average Bonchev–Trinajstić information content (AvgIpc) is 2.55. The van der Waals surface area contributed by atoms with Crippen LogP contribution >= 0.6 is 22.6 Å². The summed E-state index contributed by atoms with van der Waals surface area (Å²) < 4.78 is 14.5. The van der Waals surface area contributed by atoms with Crippen molar-refractivity contribution in [2.75, 3.05) is 4.43 Å². The summed E-state index contributed by atoms with van der Waals surface area (Å²) in [7, 11) is 0. The molecule has 0 aliphatic heterocycles. The summed E-state index contributed by atoms with van der Waals surface area (Å²) in [5.74, 6) is 3.31. The van der Waals surface area contributed by atoms with Gasteiger partial charge in [-0.15, -0.1) is 0 Å². The number of unbranched alkanes of at least 4 members (excludes halogenated alkanes) is 2. The zero-order valence-corrected chi connectivity index (χ0v) is 16.0. The van der Waals surface area contributed by atoms with Crippen LogP contribution in [-0.4, -0.2) is 10.6 Å². The number of alkyl halides is 2. The van der Waals surface area contributed by atoms with E-state index in [4.69, 9.17) is 0 Å². The molecule has 1 unspecified atom stereocenters. The van der Waals surface area contributed by atoms with Crippen molar-refractivity contribution in [3.63, 3.8) is 0 Å². The fraction of sp³-hybridized carbons (Fsp3) is 1.00. The van der Waals surface area contributed by atoms with Crippen LogP contribution in [0.25, 0.3) is 0 Å². The van der Waals surface area contributed by atoms with Gasteiger partial charge in [0.2, 0.25) is 0 Å². The van der Waals surface area contributed by atoms with Gasteiger partial charge in [0.1, 0.15) is 6.17 Å². The molecule has 0 N–H and O–H groups in total. The summed E-state index contributed by atoms with van der Waals surface area (Å²) in [6.45, 7) is 2.30. The third kappa shape index (κ3) is 5.66. The largest absolute Gasteiger partial charge is 0.246 e. The van der Waals surface area contributed by atoms with Crippen molar-refractivity contribution in [1.82, 2.24) is 0 Å². The van der Waals surface area contributed by atoms with E-state index in [9.17, 15) is 4.39 Å². The van der Waals surface area contributed by atoms with Crippen molar-refractivity contribution in [1.29, 1.82) is 0 Å². The van der Waals surface area contributed by atoms with Crippen LogP contribution in [0.3, 0.4) is 0 Å². The summed E-state index contributed by atoms with van der Waals surface area (Å²) in [5.41, 5.74) is 0. The van der Waals surface area contributed by atoms with E-state index in [2.05, 4.69) is 29.5 Å². The molecule has 2 fully saturated rings. The van der Waals surface area contributed by atoms with E-state index in [1.54, 1.807) is 0 Å². The van der Waals surface area contributed by atoms with Gasteiger partial charge in [-0.3, -0.25) is 0 Å². The quantitative estimate of drug-likeness (QED) is 0.243. The highest BCUT2D eigenvalue weighted by Gasteiger charge is 2.32. The lowest BCUT2D eigenvalue weighted by molar-refractivity contribution is 0.115. The highest BCUT2D eigenvalue weighted by Crippen LogP contribution is 2.43. The molecule has 0 heterocycles. The first-order valence-electron chi connectivity index (χ1n) is 9.44. The van der Waals surface area contributed by atoms with E-state index in [0.29, 0.717) is 10.3 Å². The molecule has 0 amide bonds. The number of hydrogen-bond acceptors (Lipinski definition) is 0. The predicted molar refractivity (Wildman–Crippen MR) is 98.8 cm³/mol. The highest BCUT2D eigenvalue weighted by molar-refractivity contribution is 14.1. The fourth-order valence-corrected chi connectivity index (χ4v) is 5.45. The summed E-state index contributed by atoms with van der Waals surface area (Å²) >= 11 is 2.21. The van der Waals surface area contributed by atoms with Crippen molar-refractivity contribution in [2.24, 2.45) is 23.7 Å². The predicted octanol–water partition coefficient (Wildman–Crippen LogP) is 6.95. The molecule has 0 aromatic rings. The number of halogens is 2. The molecule has 124 valence electrons. The molecule has 2 rings (SSSR count). The maximum Gasteiger partial charge on any atom is 0.112 e. The molecule has 0 saturated heterocycles. The lowest BCUT2D eigenvalue weighted by Crippen LogP contribution is -2.29. The molecule has 0 aromatic heterocycles. The highest BCUT2D eigenvalue weighted by atomic mass is 127. The van der Waals surface area contributed by atoms with Crippen molar-refractivity contribution in [3.05, 3.63) is 0 Å². The zero-order valence-electron chi connectivity index (χ0n) is 13.8. The topological polar surface area (TPSA) is 0 Å². The van der Waals surface area contributed by atoms with Crippen molar-refractivity contribution < 1.29 is 4.39 Å². The standard InChI is InChI=1S/C19H34FI/c1-2-3-4-5-15-6-8-16(9-7-15)17-10-12-18(13-11-17)19(20)14-21/h15-19H,2-14H2,1H3. The Morgan fingerprint density at radius 1 is 0.905 bits per heavy atom. The van der Waals surface area contributed by atoms with E-state index in [1.165, 1.54) is 64.2 Å². The Balaban J connectivity index is 1.64. The van der Waals surface area contributed by atoms with E-state index < -0.39 is 6.17 Å². The normalized spacial score (nSPS) is 35.6. The SMILES string of the molecule is CCCCCC1CCC(C2CCC(C(F)CI)CC2)CC1. The second-order valence-electron chi connectivity index (χ2n) is 7.62. The number of rotatable bonds is 7. The first kappa shape index (κ1) is 18.0. The monoisotopic (exact) mass is 408 g/mol. The van der Waals surface area contributed by atoms with Crippen LogP contribution in [0.5, 0.6) is 0 Å². The van der Waals surface area contributed by atoms with Crippen molar-refractivity contribution in [2.45, 2.75) is 90.1 Å². The molecule has 2 heteroatoms. The Bertz CT molecular complexity index is 265. The van der Waals surface area contributed by atoms with Gasteiger partial charge in [-0.1, -0.05) is 68.0 Å². The van der Waals surface area contributed by atoms with Gasteiger partial charge in [0.15, 0.2) is 0 Å². The molecule has 2 saturated carbocycles. The lowest BCUT2D eigenvalue weighted by atomic mass is 9.68. The van der Waals surface area contributed by atoms with E-state index in [1.807, 2.05) is 0 Å². The van der Waals surface area contributed by atoms with Crippen molar-refractivity contribution in [3.8, 4) is 0 Å². The Labute approximate surface area is 145 Å². The molecule has 2 aliphatic rings. The molecule has 0 radical (unpaired) electrons. The van der Waals surface area contributed by atoms with Gasteiger partial charge in [-0.05, 0) is 62.2 Å². The number of hydrogen-bond donors (Lipinski definition) is 0. The fourth-order valence-electron chi connectivity index (χ4n) is 4.74. The minimum absolute atomic E-state index is 0.378. The minimum atomic E-state index is -0.541. The molecule has 21 heavy (non-hydrogen) atoms. The van der Waals surface area contributed by atoms with Crippen LogP contribution in [0.15, 0.2) is 0 Å². The summed E-state index contributed by atoms with van der Waals surface area (Å²) in [6, 6.07) is 0. The van der Waals surface area contributed by atoms with E-state index >= 15 is 0 Å². The molecule has 0 spiro atoms. The average molecular weight is 408 g/mol. The summed E-state index contributed by atoms with van der Waals surface area (Å²) in [4.78, 5) is 0. The van der Waals surface area contributed by atoms with E-state index in [0.717, 1.165) is 30.6 Å². The smallest absolute Gasteiger partial charge is 0.112 e. The van der Waals surface area contributed by atoms with Gasteiger partial charge in [0, 0.05) is 4.43 Å². The van der Waals surface area contributed by atoms with Gasteiger partial charge in [-0.25, -0.2) is 4.39 Å². The Morgan fingerprint density at radius 3 is 2.00 bits per heavy atom. The first-order valence-corrected chi connectivity index (χ1v) is 11.0. The van der Waals surface area contributed by atoms with Gasteiger partial charge < -0.3 is 0 Å². The second-order valence-corrected chi connectivity index (χ2v) is 8.50. The van der Waals surface area contributed by atoms with Crippen LogP contribution in [0.2, 0.25) is 0 Å². The van der Waals surface area contributed by atoms with Crippen LogP contribution in [0.4, 0.5) is 4.39 Å². The Kier molecular flexibility index (Phi) is 8.34. The third-order valence-corrected chi connectivity index (χ3v) is 7.09. The lowest BCUT2D eigenvalue weighted by Gasteiger charge is -2.38. The third-order valence-electron chi connectivity index (χ3n) is 6.25.